The van der Waals surface area contributed by atoms with Crippen LogP contribution in [-0.4, -0.2) is 23.5 Å². The van der Waals surface area contributed by atoms with Gasteiger partial charge in [-0.3, -0.25) is 4.79 Å². The number of nitrogens with one attached hydrogen (secondary N) is 1. The fraction of sp³-hybridized carbons (Fsp3) is 0.353. The van der Waals surface area contributed by atoms with Crippen molar-refractivity contribution in [3.8, 4) is 0 Å². The molecule has 1 saturated carbocycles. The molecule has 2 aromatic rings. The van der Waals surface area contributed by atoms with E-state index >= 15 is 0 Å². The highest BCUT2D eigenvalue weighted by Crippen LogP contribution is 2.48. The molecule has 0 aliphatic heterocycles. The Bertz CT molecular complexity index is 817. The average Bonchev–Trinajstić information content (AvgIpc) is 3.26. The van der Waals surface area contributed by atoms with Crippen LogP contribution in [0.2, 0.25) is 0 Å². The fourth-order valence-corrected chi connectivity index (χ4v) is 3.28. The van der Waals surface area contributed by atoms with Crippen molar-refractivity contribution >= 4 is 28.3 Å². The topological polar surface area (TPSA) is 68.3 Å². The maximum absolute atomic E-state index is 12.6. The van der Waals surface area contributed by atoms with Crippen molar-refractivity contribution in [1.29, 1.82) is 0 Å². The third-order valence-corrected chi connectivity index (χ3v) is 4.77. The van der Waals surface area contributed by atoms with Crippen molar-refractivity contribution < 1.29 is 27.5 Å². The molecular weight excluding hydrogens is 369 g/mol. The summed E-state index contributed by atoms with van der Waals surface area (Å²) in [5.74, 6) is -1.25. The number of rotatable bonds is 5. The van der Waals surface area contributed by atoms with Gasteiger partial charge in [-0.25, -0.2) is 9.78 Å². The molecule has 1 amide bonds. The first-order valence-corrected chi connectivity index (χ1v) is 8.78. The summed E-state index contributed by atoms with van der Waals surface area (Å²) < 4.78 is 42.6. The lowest BCUT2D eigenvalue weighted by atomic mass is 10.1. The number of anilines is 1. The molecule has 0 radical (unpaired) electrons. The van der Waals surface area contributed by atoms with Gasteiger partial charge < -0.3 is 10.1 Å². The van der Waals surface area contributed by atoms with Crippen LogP contribution in [-0.2, 0) is 15.7 Å². The lowest BCUT2D eigenvalue weighted by Gasteiger charge is -2.07. The smallest absolute Gasteiger partial charge is 0.416 e. The monoisotopic (exact) mass is 384 g/mol. The number of hydrogen-bond acceptors (Lipinski definition) is 5. The molecule has 0 saturated heterocycles. The van der Waals surface area contributed by atoms with E-state index in [4.69, 9.17) is 4.74 Å². The summed E-state index contributed by atoms with van der Waals surface area (Å²) in [7, 11) is 0. The Morgan fingerprint density at radius 1 is 1.31 bits per heavy atom. The molecule has 138 valence electrons. The summed E-state index contributed by atoms with van der Waals surface area (Å²) in [5.41, 5.74) is 0.115. The summed E-state index contributed by atoms with van der Waals surface area (Å²) >= 11 is 1.11. The van der Waals surface area contributed by atoms with Crippen molar-refractivity contribution in [3.63, 3.8) is 0 Å². The SMILES string of the molecule is CCOC(=O)c1csc(NC(=O)C2CC2c2ccc(C(F)(F)F)cc2)n1. The Hall–Kier alpha value is -2.42. The third-order valence-electron chi connectivity index (χ3n) is 4.01. The zero-order valence-corrected chi connectivity index (χ0v) is 14.5. The normalized spacial score (nSPS) is 19.1. The maximum Gasteiger partial charge on any atom is 0.416 e. The van der Waals surface area contributed by atoms with E-state index in [1.54, 1.807) is 6.92 Å². The molecule has 1 aromatic carbocycles. The predicted molar refractivity (Wildman–Crippen MR) is 89.0 cm³/mol. The van der Waals surface area contributed by atoms with Crippen molar-refractivity contribution in [2.75, 3.05) is 11.9 Å². The molecule has 5 nitrogen and oxygen atoms in total. The first-order valence-electron chi connectivity index (χ1n) is 7.90. The molecule has 1 fully saturated rings. The average molecular weight is 384 g/mol. The molecule has 2 unspecified atom stereocenters. The molecule has 3 rings (SSSR count). The van der Waals surface area contributed by atoms with Crippen molar-refractivity contribution in [2.45, 2.75) is 25.4 Å². The molecule has 1 aromatic heterocycles. The van der Waals surface area contributed by atoms with Crippen LogP contribution in [0.5, 0.6) is 0 Å². The number of ether oxygens (including phenoxy) is 1. The molecule has 2 atom stereocenters. The fourth-order valence-electron chi connectivity index (χ4n) is 2.60. The first-order chi connectivity index (χ1) is 12.3. The molecule has 0 bridgehead atoms. The number of esters is 1. The molecule has 9 heteroatoms. The quantitative estimate of drug-likeness (QED) is 0.789. The second-order valence-corrected chi connectivity index (χ2v) is 6.67. The van der Waals surface area contributed by atoms with Crippen LogP contribution in [0, 0.1) is 5.92 Å². The van der Waals surface area contributed by atoms with Gasteiger partial charge in [0.2, 0.25) is 5.91 Å². The maximum atomic E-state index is 12.6. The van der Waals surface area contributed by atoms with Crippen molar-refractivity contribution in [2.24, 2.45) is 5.92 Å². The van der Waals surface area contributed by atoms with Gasteiger partial charge in [0.05, 0.1) is 12.2 Å². The number of hydrogen-bond donors (Lipinski definition) is 1. The lowest BCUT2D eigenvalue weighted by molar-refractivity contribution is -0.137. The van der Waals surface area contributed by atoms with E-state index in [9.17, 15) is 22.8 Å². The Morgan fingerprint density at radius 3 is 2.62 bits per heavy atom. The van der Waals surface area contributed by atoms with E-state index in [2.05, 4.69) is 10.3 Å². The van der Waals surface area contributed by atoms with E-state index in [-0.39, 0.29) is 35.2 Å². The molecular formula is C17H15F3N2O3S. The molecule has 1 aliphatic carbocycles. The number of aromatic nitrogens is 1. The number of nitrogens with zero attached hydrogens (tertiary/aromatic N) is 1. The zero-order chi connectivity index (χ0) is 18.9. The second kappa shape index (κ2) is 7.06. The van der Waals surface area contributed by atoms with Crippen LogP contribution in [0.25, 0.3) is 0 Å². The van der Waals surface area contributed by atoms with E-state index in [0.29, 0.717) is 12.0 Å². The van der Waals surface area contributed by atoms with Crippen LogP contribution < -0.4 is 5.32 Å². The van der Waals surface area contributed by atoms with Crippen LogP contribution in [0.1, 0.15) is 40.9 Å². The van der Waals surface area contributed by atoms with Crippen molar-refractivity contribution in [1.82, 2.24) is 4.98 Å². The number of carbonyl (C=O) groups excluding carboxylic acids is 2. The molecule has 0 spiro atoms. The number of carbonyl (C=O) groups is 2. The van der Waals surface area contributed by atoms with Crippen LogP contribution in [0.4, 0.5) is 18.3 Å². The minimum Gasteiger partial charge on any atom is -0.461 e. The zero-order valence-electron chi connectivity index (χ0n) is 13.7. The van der Waals surface area contributed by atoms with Crippen LogP contribution in [0.3, 0.4) is 0 Å². The Balaban J connectivity index is 1.58. The predicted octanol–water partition coefficient (Wildman–Crippen LogP) is 4.08. The van der Waals surface area contributed by atoms with E-state index in [1.165, 1.54) is 17.5 Å². The van der Waals surface area contributed by atoms with Gasteiger partial charge in [-0.15, -0.1) is 11.3 Å². The molecule has 1 N–H and O–H groups in total. The minimum atomic E-state index is -4.37. The third kappa shape index (κ3) is 4.04. The highest BCUT2D eigenvalue weighted by molar-refractivity contribution is 7.14. The number of alkyl halides is 3. The number of halogens is 3. The van der Waals surface area contributed by atoms with Gasteiger partial charge in [0.15, 0.2) is 10.8 Å². The summed E-state index contributed by atoms with van der Waals surface area (Å²) in [6.45, 7) is 1.91. The van der Waals surface area contributed by atoms with Gasteiger partial charge in [0.25, 0.3) is 0 Å². The summed E-state index contributed by atoms with van der Waals surface area (Å²) in [6, 6.07) is 4.86. The largest absolute Gasteiger partial charge is 0.461 e. The van der Waals surface area contributed by atoms with E-state index in [1.807, 2.05) is 0 Å². The number of thiazole rings is 1. The first kappa shape index (κ1) is 18.4. The van der Waals surface area contributed by atoms with E-state index in [0.717, 1.165) is 23.5 Å². The van der Waals surface area contributed by atoms with Gasteiger partial charge in [-0.1, -0.05) is 12.1 Å². The highest BCUT2D eigenvalue weighted by atomic mass is 32.1. The lowest BCUT2D eigenvalue weighted by Crippen LogP contribution is -2.15. The minimum absolute atomic E-state index is 0.109. The highest BCUT2D eigenvalue weighted by Gasteiger charge is 2.44. The number of amides is 1. The molecule has 26 heavy (non-hydrogen) atoms. The van der Waals surface area contributed by atoms with Gasteiger partial charge in [-0.2, -0.15) is 13.2 Å². The van der Waals surface area contributed by atoms with Gasteiger partial charge in [0.1, 0.15) is 0 Å². The molecule has 1 aliphatic rings. The van der Waals surface area contributed by atoms with E-state index < -0.39 is 17.7 Å². The Labute approximate surface area is 151 Å². The second-order valence-electron chi connectivity index (χ2n) is 5.82. The van der Waals surface area contributed by atoms with Crippen LogP contribution in [0.15, 0.2) is 29.6 Å². The Kier molecular flexibility index (Phi) is 4.99. The summed E-state index contributed by atoms with van der Waals surface area (Å²) in [6.07, 6.45) is -3.81. The van der Waals surface area contributed by atoms with Gasteiger partial charge >= 0.3 is 12.1 Å². The summed E-state index contributed by atoms with van der Waals surface area (Å²) in [5, 5.41) is 4.42. The Morgan fingerprint density at radius 2 is 2.00 bits per heavy atom. The summed E-state index contributed by atoms with van der Waals surface area (Å²) in [4.78, 5) is 27.8. The molecule has 1 heterocycles. The standard InChI is InChI=1S/C17H15F3N2O3S/c1-2-25-15(24)13-8-26-16(21-13)22-14(23)12-7-11(12)9-3-5-10(6-4-9)17(18,19)20/h3-6,8,11-12H,2,7H2,1H3,(H,21,22,23). The van der Waals surface area contributed by atoms with Crippen molar-refractivity contribution in [3.05, 3.63) is 46.5 Å². The van der Waals surface area contributed by atoms with Crippen LogP contribution >= 0.6 is 11.3 Å². The van der Waals surface area contributed by atoms with Gasteiger partial charge in [0, 0.05) is 11.3 Å². The number of benzene rings is 1. The van der Waals surface area contributed by atoms with Gasteiger partial charge in [-0.05, 0) is 37.0 Å².